The molecule has 0 atom stereocenters. The molecule has 456 valence electrons. The van der Waals surface area contributed by atoms with Gasteiger partial charge in [0.2, 0.25) is 5.41 Å². The molecule has 0 heterocycles. The third-order valence-electron chi connectivity index (χ3n) is 13.7. The number of anilines is 4. The second-order valence-electron chi connectivity index (χ2n) is 19.2. The van der Waals surface area contributed by atoms with E-state index >= 15 is 0 Å². The van der Waals surface area contributed by atoms with Gasteiger partial charge in [-0.05, 0) is 158 Å². The van der Waals surface area contributed by atoms with Crippen LogP contribution in [-0.2, 0) is 14.9 Å². The maximum absolute atomic E-state index is 14.9. The van der Waals surface area contributed by atoms with Gasteiger partial charge in [0, 0.05) is 65.7 Å². The van der Waals surface area contributed by atoms with Crippen LogP contribution in [0, 0.1) is 20.2 Å². The number of nitrogens with two attached hydrogens (primary N) is 1. The van der Waals surface area contributed by atoms with Crippen LogP contribution in [-0.4, -0.2) is 79.3 Å². The molecular formula is C62H50F6N10O11. The fourth-order valence-electron chi connectivity index (χ4n) is 9.02. The number of carbonyl (C=O) groups is 4. The Balaban J connectivity index is 1.00. The second-order valence-corrected chi connectivity index (χ2v) is 19.2. The first-order valence-corrected chi connectivity index (χ1v) is 26.7. The maximum Gasteiger partial charge on any atom is 0.411 e. The number of aldehydes is 1. The molecule has 89 heavy (non-hydrogen) atoms. The van der Waals surface area contributed by atoms with Crippen LogP contribution in [0.25, 0.3) is 0 Å². The predicted molar refractivity (Wildman–Crippen MR) is 315 cm³/mol. The van der Waals surface area contributed by atoms with Crippen molar-refractivity contribution in [1.82, 2.24) is 0 Å². The van der Waals surface area contributed by atoms with Crippen molar-refractivity contribution in [3.63, 3.8) is 0 Å². The van der Waals surface area contributed by atoms with Crippen molar-refractivity contribution in [3.05, 3.63) is 236 Å². The number of carbonyl (C=O) groups excluding carboxylic acids is 4. The van der Waals surface area contributed by atoms with E-state index < -0.39 is 62.2 Å². The molecule has 8 rings (SSSR count). The minimum atomic E-state index is -5.93. The Bertz CT molecular complexity index is 3920. The summed E-state index contributed by atoms with van der Waals surface area (Å²) in [6, 6.07) is 37.6. The highest BCUT2D eigenvalue weighted by molar-refractivity contribution is 6.11. The van der Waals surface area contributed by atoms with Crippen LogP contribution < -0.4 is 25.6 Å². The number of ether oxygens (including phenoxy) is 3. The zero-order chi connectivity index (χ0) is 64.0. The Morgan fingerprint density at radius 1 is 0.551 bits per heavy atom. The smallest absolute Gasteiger partial charge is 0.411 e. The lowest BCUT2D eigenvalue weighted by Crippen LogP contribution is -2.54. The van der Waals surface area contributed by atoms with Gasteiger partial charge < -0.3 is 35.1 Å². The summed E-state index contributed by atoms with van der Waals surface area (Å²) in [5, 5.41) is 40.9. The Labute approximate surface area is 502 Å². The molecule has 0 aliphatic heterocycles. The first-order chi connectivity index (χ1) is 42.5. The van der Waals surface area contributed by atoms with Crippen molar-refractivity contribution in [2.24, 2.45) is 20.5 Å². The van der Waals surface area contributed by atoms with Crippen molar-refractivity contribution in [2.75, 3.05) is 53.8 Å². The summed E-state index contributed by atoms with van der Waals surface area (Å²) in [5.41, 5.74) is -0.0455. The molecule has 0 spiro atoms. The van der Waals surface area contributed by atoms with Crippen molar-refractivity contribution >= 4 is 81.0 Å². The lowest BCUT2D eigenvalue weighted by atomic mass is 9.73. The number of amides is 1. The van der Waals surface area contributed by atoms with Crippen LogP contribution in [0.1, 0.15) is 66.4 Å². The molecule has 0 aliphatic carbocycles. The molecule has 27 heteroatoms. The quantitative estimate of drug-likeness (QED) is 0.00832. The number of benzene rings is 8. The molecule has 0 bridgehead atoms. The van der Waals surface area contributed by atoms with Gasteiger partial charge in [-0.3, -0.25) is 29.8 Å². The van der Waals surface area contributed by atoms with Gasteiger partial charge in [-0.2, -0.15) is 46.8 Å². The highest BCUT2D eigenvalue weighted by Gasteiger charge is 2.72. The van der Waals surface area contributed by atoms with E-state index in [1.54, 1.807) is 60.4 Å². The number of esters is 2. The molecule has 0 saturated carbocycles. The third-order valence-corrected chi connectivity index (χ3v) is 13.7. The summed E-state index contributed by atoms with van der Waals surface area (Å²) in [6.07, 6.45) is -11.4. The molecule has 0 aromatic heterocycles. The zero-order valence-corrected chi connectivity index (χ0v) is 46.8. The minimum Gasteiger partial charge on any atom is -0.460 e. The van der Waals surface area contributed by atoms with Crippen LogP contribution in [0.15, 0.2) is 202 Å². The summed E-state index contributed by atoms with van der Waals surface area (Å²) >= 11 is 0. The molecular weight excluding hydrogens is 1170 g/mol. The number of rotatable bonds is 24. The number of nitro groups is 2. The normalized spacial score (nSPS) is 11.7. The minimum absolute atomic E-state index is 0.0582. The average molecular weight is 1230 g/mol. The van der Waals surface area contributed by atoms with E-state index in [1.165, 1.54) is 78.9 Å². The molecule has 0 saturated heterocycles. The molecule has 8 aromatic rings. The summed E-state index contributed by atoms with van der Waals surface area (Å²) in [4.78, 5) is 78.6. The Morgan fingerprint density at radius 3 is 1.43 bits per heavy atom. The molecule has 0 unspecified atom stereocenters. The van der Waals surface area contributed by atoms with Gasteiger partial charge in [0.25, 0.3) is 17.3 Å². The lowest BCUT2D eigenvalue weighted by Gasteiger charge is -2.38. The summed E-state index contributed by atoms with van der Waals surface area (Å²) in [5.74, 6) is -3.26. The number of hydrogen-bond donors (Lipinski definition) is 2. The Hall–Kier alpha value is -11.4. The SMILES string of the molecule is CCN(CCOC(=O)c1cc(Oc2ccc(C(=O)OCN(CC)c3ccc(N=Nc4ccc([N+](=O)[O-])cc4)cc3)c(C(=O)Nc3ccc(C(c4ccc(N)cc4)(C(F)(F)F)C(F)(F)F)cc3)c2)ccc1C=O)c1ccc(N=Nc2ccc([N+](=O)[O-])cc2)cc1. The number of hydrogen-bond acceptors (Lipinski definition) is 18. The highest BCUT2D eigenvalue weighted by atomic mass is 19.4. The van der Waals surface area contributed by atoms with Crippen LogP contribution in [0.4, 0.5) is 83.2 Å². The largest absolute Gasteiger partial charge is 0.460 e. The number of nitrogens with one attached hydrogen (secondary N) is 1. The molecule has 0 radical (unpaired) electrons. The van der Waals surface area contributed by atoms with Crippen molar-refractivity contribution in [2.45, 2.75) is 31.6 Å². The topological polar surface area (TPSA) is 276 Å². The van der Waals surface area contributed by atoms with Crippen molar-refractivity contribution in [1.29, 1.82) is 0 Å². The molecule has 0 fully saturated rings. The van der Waals surface area contributed by atoms with Gasteiger partial charge in [-0.1, -0.05) is 24.3 Å². The van der Waals surface area contributed by atoms with E-state index in [0.29, 0.717) is 65.5 Å². The molecule has 0 aliphatic rings. The van der Waals surface area contributed by atoms with Crippen LogP contribution in [0.2, 0.25) is 0 Å². The summed E-state index contributed by atoms with van der Waals surface area (Å²) < 4.78 is 107. The van der Waals surface area contributed by atoms with E-state index in [9.17, 15) is 65.7 Å². The zero-order valence-electron chi connectivity index (χ0n) is 46.8. The summed E-state index contributed by atoms with van der Waals surface area (Å²) in [7, 11) is 0. The predicted octanol–water partition coefficient (Wildman–Crippen LogP) is 15.5. The van der Waals surface area contributed by atoms with Crippen LogP contribution in [0.3, 0.4) is 0 Å². The fourth-order valence-corrected chi connectivity index (χ4v) is 9.02. The van der Waals surface area contributed by atoms with Crippen LogP contribution >= 0.6 is 0 Å². The number of nitro benzene ring substituents is 2. The standard InChI is InChI=1S/C62H50F6N10O11/c1-3-75(48-22-14-44(15-23-48)71-73-46-18-26-50(27-19-46)77(83)84)33-34-87-59(82)55-35-52(30-5-39(55)37-79)89-53-31-32-54(58(81)88-38-76(4-2)49-24-16-45(17-25-49)72-74-47-20-28-51(29-21-47)78(85)86)56(36-53)57(80)70-43-12-8-41(9-13-43)60(61(63,64)65,62(66,67)68)40-6-10-42(69)11-7-40/h5-32,35-37H,3-4,33-34,38,69H2,1-2H3,(H,70,80). The van der Waals surface area contributed by atoms with Gasteiger partial charge in [0.15, 0.2) is 13.0 Å². The monoisotopic (exact) mass is 1220 g/mol. The van der Waals surface area contributed by atoms with Crippen LogP contribution in [0.5, 0.6) is 11.5 Å². The van der Waals surface area contributed by atoms with Gasteiger partial charge >= 0.3 is 24.3 Å². The van der Waals surface area contributed by atoms with E-state index in [4.69, 9.17) is 19.9 Å². The molecule has 1 amide bonds. The second kappa shape index (κ2) is 27.8. The van der Waals surface area contributed by atoms with E-state index in [-0.39, 0.29) is 77.4 Å². The number of nitrogens with zero attached hydrogens (tertiary/aromatic N) is 8. The van der Waals surface area contributed by atoms with Crippen molar-refractivity contribution in [3.8, 4) is 11.5 Å². The van der Waals surface area contributed by atoms with Gasteiger partial charge in [0.1, 0.15) is 18.1 Å². The first-order valence-electron chi connectivity index (χ1n) is 26.7. The van der Waals surface area contributed by atoms with Gasteiger partial charge in [0.05, 0.1) is 55.8 Å². The number of alkyl halides is 6. The molecule has 3 N–H and O–H groups in total. The Kier molecular flexibility index (Phi) is 19.9. The van der Waals surface area contributed by atoms with Gasteiger partial charge in [-0.25, -0.2) is 9.59 Å². The van der Waals surface area contributed by atoms with E-state index in [2.05, 4.69) is 25.8 Å². The lowest BCUT2D eigenvalue weighted by molar-refractivity contribution is -0.385. The Morgan fingerprint density at radius 2 is 0.978 bits per heavy atom. The molecule has 8 aromatic carbocycles. The summed E-state index contributed by atoms with van der Waals surface area (Å²) in [6.45, 7) is 4.08. The van der Waals surface area contributed by atoms with Gasteiger partial charge in [-0.15, -0.1) is 0 Å². The number of nitrogen functional groups attached to an aromatic ring is 1. The van der Waals surface area contributed by atoms with Crippen molar-refractivity contribution < 1.29 is 69.6 Å². The van der Waals surface area contributed by atoms with E-state index in [0.717, 1.165) is 36.0 Å². The fraction of sp³-hybridized carbons (Fsp3) is 0.161. The number of non-ortho nitro benzene ring substituents is 2. The number of azo groups is 2. The number of likely N-dealkylation sites (N-methyl/N-ethyl adjacent to an activating group) is 1. The first kappa shape index (κ1) is 63.6. The maximum atomic E-state index is 14.9. The molecule has 21 nitrogen and oxygen atoms in total. The van der Waals surface area contributed by atoms with E-state index in [1.807, 2.05) is 11.8 Å². The number of halogens is 6. The average Bonchev–Trinajstić information content (AvgIpc) is 0.741. The highest BCUT2D eigenvalue weighted by Crippen LogP contribution is 2.56. The third kappa shape index (κ3) is 15.2.